The van der Waals surface area contributed by atoms with E-state index in [1.807, 2.05) is 25.1 Å². The van der Waals surface area contributed by atoms with Crippen LogP contribution >= 0.6 is 0 Å². The maximum Gasteiger partial charge on any atom is 0.338 e. The van der Waals surface area contributed by atoms with Crippen molar-refractivity contribution in [1.29, 1.82) is 0 Å². The molecule has 0 saturated heterocycles. The Kier molecular flexibility index (Phi) is 8.38. The minimum absolute atomic E-state index is 0.0832. The van der Waals surface area contributed by atoms with Gasteiger partial charge in [0.25, 0.3) is 0 Å². The fourth-order valence-corrected chi connectivity index (χ4v) is 4.36. The molecule has 1 aromatic rings. The van der Waals surface area contributed by atoms with Crippen molar-refractivity contribution in [3.8, 4) is 0 Å². The van der Waals surface area contributed by atoms with Crippen molar-refractivity contribution < 1.29 is 19.0 Å². The van der Waals surface area contributed by atoms with Crippen LogP contribution in [-0.4, -0.2) is 27.0 Å². The summed E-state index contributed by atoms with van der Waals surface area (Å²) in [5.74, 6) is -0.298. The van der Waals surface area contributed by atoms with Gasteiger partial charge < -0.3 is 4.74 Å². The molecule has 0 aliphatic carbocycles. The van der Waals surface area contributed by atoms with Crippen LogP contribution in [0.5, 0.6) is 0 Å². The van der Waals surface area contributed by atoms with Crippen LogP contribution in [0.2, 0.25) is 18.1 Å². The standard InChI is InChI=1S/C17H28O4Si/c1-5-22(6-2,7-3)21-20-15(4)13-14-19-17(18)16-11-9-8-10-12-16/h8-12,15H,5-7,13-14H2,1-4H3. The molecule has 22 heavy (non-hydrogen) atoms. The smallest absolute Gasteiger partial charge is 0.338 e. The highest BCUT2D eigenvalue weighted by molar-refractivity contribution is 6.73. The molecule has 1 aromatic carbocycles. The summed E-state index contributed by atoms with van der Waals surface area (Å²) < 4.78 is 11.0. The number of carbonyl (C=O) groups is 1. The molecule has 1 unspecified atom stereocenters. The van der Waals surface area contributed by atoms with Gasteiger partial charge in [-0.25, -0.2) is 9.68 Å². The number of carbonyl (C=O) groups excluding carboxylic acids is 1. The topological polar surface area (TPSA) is 44.8 Å². The molecule has 5 heteroatoms. The summed E-state index contributed by atoms with van der Waals surface area (Å²) in [7, 11) is -1.72. The van der Waals surface area contributed by atoms with Gasteiger partial charge in [-0.05, 0) is 37.2 Å². The minimum atomic E-state index is -1.72. The van der Waals surface area contributed by atoms with E-state index in [1.54, 1.807) is 12.1 Å². The molecular weight excluding hydrogens is 296 g/mol. The fourth-order valence-electron chi connectivity index (χ4n) is 2.13. The molecular formula is C17H28O4Si. The van der Waals surface area contributed by atoms with Crippen molar-refractivity contribution in [3.05, 3.63) is 35.9 Å². The Morgan fingerprint density at radius 1 is 1.09 bits per heavy atom. The Balaban J connectivity index is 2.29. The lowest BCUT2D eigenvalue weighted by atomic mass is 10.2. The maximum atomic E-state index is 11.8. The van der Waals surface area contributed by atoms with Crippen LogP contribution in [0.4, 0.5) is 0 Å². The fraction of sp³-hybridized carbons (Fsp3) is 0.588. The molecule has 0 aliphatic heterocycles. The SMILES string of the molecule is CC[Si](CC)(CC)OOC(C)CCOC(=O)c1ccccc1. The highest BCUT2D eigenvalue weighted by Crippen LogP contribution is 2.22. The Labute approximate surface area is 134 Å². The molecule has 1 atom stereocenters. The Hall–Kier alpha value is -1.17. The van der Waals surface area contributed by atoms with E-state index in [4.69, 9.17) is 14.2 Å². The number of hydrogen-bond acceptors (Lipinski definition) is 4. The number of benzene rings is 1. The average Bonchev–Trinajstić information content (AvgIpc) is 2.57. The normalized spacial score (nSPS) is 12.9. The molecule has 0 radical (unpaired) electrons. The Bertz CT molecular complexity index is 423. The quantitative estimate of drug-likeness (QED) is 0.273. The van der Waals surface area contributed by atoms with Crippen LogP contribution in [-0.2, 0) is 14.2 Å². The maximum absolute atomic E-state index is 11.8. The van der Waals surface area contributed by atoms with Gasteiger partial charge in [-0.15, -0.1) is 0 Å². The predicted octanol–water partition coefficient (Wildman–Crippen LogP) is 4.58. The van der Waals surface area contributed by atoms with E-state index in [0.29, 0.717) is 18.6 Å². The minimum Gasteiger partial charge on any atom is -0.462 e. The predicted molar refractivity (Wildman–Crippen MR) is 90.2 cm³/mol. The number of hydrogen-bond donors (Lipinski definition) is 0. The first-order valence-corrected chi connectivity index (χ1v) is 10.7. The molecule has 0 aromatic heterocycles. The molecule has 1 rings (SSSR count). The summed E-state index contributed by atoms with van der Waals surface area (Å²) in [4.78, 5) is 17.3. The van der Waals surface area contributed by atoms with Gasteiger partial charge in [0, 0.05) is 6.42 Å². The molecule has 4 nitrogen and oxygen atoms in total. The first kappa shape index (κ1) is 18.9. The Morgan fingerprint density at radius 3 is 2.23 bits per heavy atom. The van der Waals surface area contributed by atoms with Crippen molar-refractivity contribution in [2.45, 2.75) is 58.4 Å². The van der Waals surface area contributed by atoms with Gasteiger partial charge >= 0.3 is 5.97 Å². The van der Waals surface area contributed by atoms with Crippen molar-refractivity contribution in [2.24, 2.45) is 0 Å². The Morgan fingerprint density at radius 2 is 1.68 bits per heavy atom. The molecule has 0 spiro atoms. The number of rotatable bonds is 10. The molecule has 0 fully saturated rings. The summed E-state index contributed by atoms with van der Waals surface area (Å²) >= 11 is 0. The van der Waals surface area contributed by atoms with E-state index in [2.05, 4.69) is 20.8 Å². The molecule has 0 amide bonds. The van der Waals surface area contributed by atoms with Crippen LogP contribution < -0.4 is 0 Å². The molecule has 124 valence electrons. The zero-order valence-electron chi connectivity index (χ0n) is 14.1. The second-order valence-electron chi connectivity index (χ2n) is 5.52. The highest BCUT2D eigenvalue weighted by atomic mass is 28.4. The molecule has 0 bridgehead atoms. The van der Waals surface area contributed by atoms with Crippen molar-refractivity contribution in [3.63, 3.8) is 0 Å². The largest absolute Gasteiger partial charge is 0.462 e. The lowest BCUT2D eigenvalue weighted by Gasteiger charge is -2.27. The number of ether oxygens (including phenoxy) is 1. The van der Waals surface area contributed by atoms with Gasteiger partial charge in [0.05, 0.1) is 18.3 Å². The van der Waals surface area contributed by atoms with Crippen molar-refractivity contribution in [1.82, 2.24) is 0 Å². The third-order valence-electron chi connectivity index (χ3n) is 4.09. The summed E-state index contributed by atoms with van der Waals surface area (Å²) in [6.07, 6.45) is 0.542. The van der Waals surface area contributed by atoms with E-state index >= 15 is 0 Å². The molecule has 0 aliphatic rings. The lowest BCUT2D eigenvalue weighted by molar-refractivity contribution is -0.254. The van der Waals surface area contributed by atoms with Crippen LogP contribution in [0, 0.1) is 0 Å². The number of esters is 1. The van der Waals surface area contributed by atoms with Gasteiger partial charge in [0.1, 0.15) is 0 Å². The monoisotopic (exact) mass is 324 g/mol. The van der Waals surface area contributed by atoms with Gasteiger partial charge in [-0.2, -0.15) is 0 Å². The van der Waals surface area contributed by atoms with Crippen LogP contribution in [0.15, 0.2) is 30.3 Å². The van der Waals surface area contributed by atoms with Gasteiger partial charge in [-0.3, -0.25) is 4.58 Å². The zero-order chi connectivity index (χ0) is 16.4. The van der Waals surface area contributed by atoms with E-state index < -0.39 is 8.32 Å². The lowest BCUT2D eigenvalue weighted by Crippen LogP contribution is -2.37. The highest BCUT2D eigenvalue weighted by Gasteiger charge is 2.31. The third kappa shape index (κ3) is 5.91. The summed E-state index contributed by atoms with van der Waals surface area (Å²) in [6.45, 7) is 8.76. The first-order valence-electron chi connectivity index (χ1n) is 8.13. The zero-order valence-corrected chi connectivity index (χ0v) is 15.1. The molecule has 0 N–H and O–H groups in total. The van der Waals surface area contributed by atoms with Crippen LogP contribution in [0.3, 0.4) is 0 Å². The molecule has 0 saturated carbocycles. The summed E-state index contributed by atoms with van der Waals surface area (Å²) in [5, 5.41) is 0. The van der Waals surface area contributed by atoms with Crippen molar-refractivity contribution in [2.75, 3.05) is 6.61 Å². The van der Waals surface area contributed by atoms with E-state index in [0.717, 1.165) is 18.1 Å². The molecule has 0 heterocycles. The van der Waals surface area contributed by atoms with E-state index in [-0.39, 0.29) is 12.1 Å². The van der Waals surface area contributed by atoms with Gasteiger partial charge in [-0.1, -0.05) is 39.0 Å². The average molecular weight is 324 g/mol. The van der Waals surface area contributed by atoms with Gasteiger partial charge in [0.2, 0.25) is 8.32 Å². The second kappa shape index (κ2) is 9.76. The van der Waals surface area contributed by atoms with Gasteiger partial charge in [0.15, 0.2) is 0 Å². The van der Waals surface area contributed by atoms with Crippen molar-refractivity contribution >= 4 is 14.3 Å². The summed E-state index contributed by atoms with van der Waals surface area (Å²) in [6, 6.07) is 12.2. The summed E-state index contributed by atoms with van der Waals surface area (Å²) in [5.41, 5.74) is 0.571. The van der Waals surface area contributed by atoms with Crippen LogP contribution in [0.25, 0.3) is 0 Å². The first-order chi connectivity index (χ1) is 10.6. The van der Waals surface area contributed by atoms with Crippen LogP contribution in [0.1, 0.15) is 44.5 Å². The third-order valence-corrected chi connectivity index (χ3v) is 8.40. The van der Waals surface area contributed by atoms with E-state index in [1.165, 1.54) is 0 Å². The second-order valence-corrected chi connectivity index (χ2v) is 10.2. The van der Waals surface area contributed by atoms with E-state index in [9.17, 15) is 4.79 Å².